The molecule has 0 amide bonds. The van der Waals surface area contributed by atoms with Crippen molar-refractivity contribution in [2.24, 2.45) is 0 Å². The average molecular weight is 296 g/mol. The Balaban J connectivity index is 2.32. The van der Waals surface area contributed by atoms with Gasteiger partial charge in [-0.3, -0.25) is 0 Å². The SMILES string of the molecule is COc1cc(Br)cc(C#N)c1OC1CCCC1. The summed E-state index contributed by atoms with van der Waals surface area (Å²) in [4.78, 5) is 0. The molecule has 1 aliphatic rings. The quantitative estimate of drug-likeness (QED) is 0.855. The summed E-state index contributed by atoms with van der Waals surface area (Å²) >= 11 is 3.35. The minimum Gasteiger partial charge on any atom is -0.493 e. The van der Waals surface area contributed by atoms with Crippen LogP contribution in [0.15, 0.2) is 16.6 Å². The summed E-state index contributed by atoms with van der Waals surface area (Å²) in [6.45, 7) is 0. The van der Waals surface area contributed by atoms with Crippen molar-refractivity contribution < 1.29 is 9.47 Å². The summed E-state index contributed by atoms with van der Waals surface area (Å²) in [7, 11) is 1.59. The third-order valence-electron chi connectivity index (χ3n) is 2.95. The van der Waals surface area contributed by atoms with Crippen LogP contribution in [0, 0.1) is 11.3 Å². The van der Waals surface area contributed by atoms with Gasteiger partial charge in [-0.2, -0.15) is 5.26 Å². The van der Waals surface area contributed by atoms with E-state index in [1.165, 1.54) is 12.8 Å². The third kappa shape index (κ3) is 2.73. The summed E-state index contributed by atoms with van der Waals surface area (Å²) < 4.78 is 12.0. The van der Waals surface area contributed by atoms with Crippen molar-refractivity contribution >= 4 is 15.9 Å². The number of rotatable bonds is 3. The van der Waals surface area contributed by atoms with Gasteiger partial charge in [0, 0.05) is 4.47 Å². The highest BCUT2D eigenvalue weighted by atomic mass is 79.9. The number of hydrogen-bond acceptors (Lipinski definition) is 3. The van der Waals surface area contributed by atoms with Gasteiger partial charge in [-0.25, -0.2) is 0 Å². The zero-order chi connectivity index (χ0) is 12.3. The van der Waals surface area contributed by atoms with E-state index in [9.17, 15) is 0 Å². The maximum atomic E-state index is 9.13. The van der Waals surface area contributed by atoms with Gasteiger partial charge >= 0.3 is 0 Å². The van der Waals surface area contributed by atoms with Gasteiger partial charge in [-0.1, -0.05) is 15.9 Å². The molecule has 3 nitrogen and oxygen atoms in total. The molecule has 90 valence electrons. The van der Waals surface area contributed by atoms with E-state index in [2.05, 4.69) is 22.0 Å². The van der Waals surface area contributed by atoms with E-state index in [-0.39, 0.29) is 6.10 Å². The standard InChI is InChI=1S/C13H14BrNO2/c1-16-12-7-10(14)6-9(8-15)13(12)17-11-4-2-3-5-11/h6-7,11H,2-5H2,1H3. The first-order chi connectivity index (χ1) is 8.24. The molecule has 4 heteroatoms. The molecular weight excluding hydrogens is 282 g/mol. The lowest BCUT2D eigenvalue weighted by Gasteiger charge is -2.17. The van der Waals surface area contributed by atoms with Crippen LogP contribution in [0.5, 0.6) is 11.5 Å². The number of methoxy groups -OCH3 is 1. The summed E-state index contributed by atoms with van der Waals surface area (Å²) in [6, 6.07) is 5.73. The van der Waals surface area contributed by atoms with Gasteiger partial charge < -0.3 is 9.47 Å². The molecule has 0 radical (unpaired) electrons. The predicted octanol–water partition coefficient (Wildman–Crippen LogP) is 3.65. The van der Waals surface area contributed by atoms with Crippen molar-refractivity contribution in [1.82, 2.24) is 0 Å². The average Bonchev–Trinajstić information content (AvgIpc) is 2.83. The van der Waals surface area contributed by atoms with Crippen LogP contribution in [0.25, 0.3) is 0 Å². The van der Waals surface area contributed by atoms with Gasteiger partial charge in [-0.15, -0.1) is 0 Å². The van der Waals surface area contributed by atoms with Gasteiger partial charge in [-0.05, 0) is 37.8 Å². The molecule has 0 spiro atoms. The van der Waals surface area contributed by atoms with E-state index in [0.717, 1.165) is 17.3 Å². The smallest absolute Gasteiger partial charge is 0.179 e. The second kappa shape index (κ2) is 5.42. The molecule has 17 heavy (non-hydrogen) atoms. The van der Waals surface area contributed by atoms with E-state index in [1.807, 2.05) is 6.07 Å². The second-order valence-electron chi connectivity index (χ2n) is 4.12. The molecule has 0 aliphatic heterocycles. The molecule has 0 bridgehead atoms. The Morgan fingerprint density at radius 3 is 2.65 bits per heavy atom. The normalized spacial score (nSPS) is 15.6. The molecule has 0 N–H and O–H groups in total. The number of nitrogens with zero attached hydrogens (tertiary/aromatic N) is 1. The first kappa shape index (κ1) is 12.3. The molecule has 1 aliphatic carbocycles. The van der Waals surface area contributed by atoms with Crippen molar-refractivity contribution in [2.75, 3.05) is 7.11 Å². The van der Waals surface area contributed by atoms with Crippen LogP contribution in [-0.4, -0.2) is 13.2 Å². The van der Waals surface area contributed by atoms with E-state index in [0.29, 0.717) is 17.1 Å². The highest BCUT2D eigenvalue weighted by Crippen LogP contribution is 2.37. The van der Waals surface area contributed by atoms with Crippen molar-refractivity contribution in [3.63, 3.8) is 0 Å². The summed E-state index contributed by atoms with van der Waals surface area (Å²) in [5.74, 6) is 1.19. The number of nitriles is 1. The molecular formula is C13H14BrNO2. The Kier molecular flexibility index (Phi) is 3.90. The third-order valence-corrected chi connectivity index (χ3v) is 3.40. The van der Waals surface area contributed by atoms with Crippen LogP contribution in [0.4, 0.5) is 0 Å². The monoisotopic (exact) mass is 295 g/mol. The van der Waals surface area contributed by atoms with Crippen LogP contribution >= 0.6 is 15.9 Å². The fraction of sp³-hybridized carbons (Fsp3) is 0.462. The van der Waals surface area contributed by atoms with Crippen molar-refractivity contribution in [3.8, 4) is 17.6 Å². The first-order valence-electron chi connectivity index (χ1n) is 5.69. The van der Waals surface area contributed by atoms with Crippen LogP contribution in [0.1, 0.15) is 31.2 Å². The molecule has 0 saturated heterocycles. The van der Waals surface area contributed by atoms with Gasteiger partial charge in [0.2, 0.25) is 0 Å². The predicted molar refractivity (Wildman–Crippen MR) is 68.3 cm³/mol. The van der Waals surface area contributed by atoms with Crippen LogP contribution in [0.2, 0.25) is 0 Å². The Hall–Kier alpha value is -1.21. The second-order valence-corrected chi connectivity index (χ2v) is 5.04. The lowest BCUT2D eigenvalue weighted by Crippen LogP contribution is -2.12. The van der Waals surface area contributed by atoms with Gasteiger partial charge in [0.15, 0.2) is 11.5 Å². The number of benzene rings is 1. The summed E-state index contributed by atoms with van der Waals surface area (Å²) in [5, 5.41) is 9.13. The zero-order valence-electron chi connectivity index (χ0n) is 9.70. The van der Waals surface area contributed by atoms with Gasteiger partial charge in [0.25, 0.3) is 0 Å². The lowest BCUT2D eigenvalue weighted by molar-refractivity contribution is 0.200. The zero-order valence-corrected chi connectivity index (χ0v) is 11.3. The lowest BCUT2D eigenvalue weighted by atomic mass is 10.2. The van der Waals surface area contributed by atoms with E-state index < -0.39 is 0 Å². The summed E-state index contributed by atoms with van der Waals surface area (Å²) in [5.41, 5.74) is 0.517. The fourth-order valence-corrected chi connectivity index (χ4v) is 2.53. The van der Waals surface area contributed by atoms with E-state index >= 15 is 0 Å². The molecule has 1 aromatic carbocycles. The number of hydrogen-bond donors (Lipinski definition) is 0. The Bertz CT molecular complexity index is 447. The molecule has 0 aromatic heterocycles. The molecule has 0 atom stereocenters. The highest BCUT2D eigenvalue weighted by Gasteiger charge is 2.21. The first-order valence-corrected chi connectivity index (χ1v) is 6.48. The Labute approximate surface area is 109 Å². The van der Waals surface area contributed by atoms with E-state index in [1.54, 1.807) is 13.2 Å². The van der Waals surface area contributed by atoms with Crippen LogP contribution in [0.3, 0.4) is 0 Å². The van der Waals surface area contributed by atoms with Crippen molar-refractivity contribution in [1.29, 1.82) is 5.26 Å². The topological polar surface area (TPSA) is 42.2 Å². The minimum atomic E-state index is 0.220. The van der Waals surface area contributed by atoms with Crippen molar-refractivity contribution in [2.45, 2.75) is 31.8 Å². The minimum absolute atomic E-state index is 0.220. The fourth-order valence-electron chi connectivity index (χ4n) is 2.10. The van der Waals surface area contributed by atoms with Crippen LogP contribution in [-0.2, 0) is 0 Å². The largest absolute Gasteiger partial charge is 0.493 e. The van der Waals surface area contributed by atoms with Gasteiger partial charge in [0.1, 0.15) is 6.07 Å². The number of ether oxygens (including phenoxy) is 2. The molecule has 1 saturated carbocycles. The molecule has 1 fully saturated rings. The van der Waals surface area contributed by atoms with E-state index in [4.69, 9.17) is 14.7 Å². The Morgan fingerprint density at radius 1 is 1.35 bits per heavy atom. The Morgan fingerprint density at radius 2 is 2.06 bits per heavy atom. The highest BCUT2D eigenvalue weighted by molar-refractivity contribution is 9.10. The maximum absolute atomic E-state index is 9.13. The molecule has 0 unspecified atom stereocenters. The molecule has 1 aromatic rings. The maximum Gasteiger partial charge on any atom is 0.179 e. The molecule has 2 rings (SSSR count). The van der Waals surface area contributed by atoms with Gasteiger partial charge in [0.05, 0.1) is 18.8 Å². The van der Waals surface area contributed by atoms with Crippen molar-refractivity contribution in [3.05, 3.63) is 22.2 Å². The number of halogens is 1. The van der Waals surface area contributed by atoms with Crippen LogP contribution < -0.4 is 9.47 Å². The summed E-state index contributed by atoms with van der Waals surface area (Å²) in [6.07, 6.45) is 4.74. The molecule has 0 heterocycles.